The maximum atomic E-state index is 11.3. The number of carbonyl (C=O) groups excluding carboxylic acids is 1. The van der Waals surface area contributed by atoms with E-state index in [-0.39, 0.29) is 0 Å². The van der Waals surface area contributed by atoms with E-state index in [1.807, 2.05) is 48.5 Å². The van der Waals surface area contributed by atoms with E-state index in [0.29, 0.717) is 5.56 Å². The maximum absolute atomic E-state index is 11.3. The molecule has 0 atom stereocenters. The van der Waals surface area contributed by atoms with Gasteiger partial charge >= 0.3 is 0 Å². The van der Waals surface area contributed by atoms with Crippen molar-refractivity contribution in [1.82, 2.24) is 4.98 Å². The lowest BCUT2D eigenvalue weighted by molar-refractivity contribution is 0.108. The van der Waals surface area contributed by atoms with Gasteiger partial charge in [0.25, 0.3) is 5.24 Å². The largest absolute Gasteiger partial charge is 0.276 e. The predicted molar refractivity (Wildman–Crippen MR) is 109 cm³/mol. The lowest BCUT2D eigenvalue weighted by Crippen LogP contribution is -1.87. The van der Waals surface area contributed by atoms with Crippen molar-refractivity contribution < 1.29 is 4.79 Å². The summed E-state index contributed by atoms with van der Waals surface area (Å²) >= 11 is 7.18. The summed E-state index contributed by atoms with van der Waals surface area (Å²) in [6.45, 7) is 0. The first-order chi connectivity index (χ1) is 12.7. The third-order valence-electron chi connectivity index (χ3n) is 4.07. The Morgan fingerprint density at radius 3 is 1.88 bits per heavy atom. The number of nitrogens with zero attached hydrogens (tertiary/aromatic N) is 1. The van der Waals surface area contributed by atoms with Crippen molar-refractivity contribution in [2.45, 2.75) is 0 Å². The zero-order valence-corrected chi connectivity index (χ0v) is 15.3. The average molecular weight is 376 g/mol. The molecule has 0 unspecified atom stereocenters. The van der Waals surface area contributed by atoms with Crippen LogP contribution in [0.1, 0.15) is 10.4 Å². The SMILES string of the molecule is O=C(Cl)c1ccc(-c2nc(-c3ccccc3)c(-c3ccccc3)s2)cc1. The van der Waals surface area contributed by atoms with Gasteiger partial charge in [0.2, 0.25) is 0 Å². The number of hydrogen-bond acceptors (Lipinski definition) is 3. The van der Waals surface area contributed by atoms with Crippen LogP contribution in [0.4, 0.5) is 0 Å². The van der Waals surface area contributed by atoms with Gasteiger partial charge in [-0.25, -0.2) is 4.98 Å². The molecule has 0 bridgehead atoms. The topological polar surface area (TPSA) is 30.0 Å². The molecular formula is C22H14ClNOS. The highest BCUT2D eigenvalue weighted by atomic mass is 35.5. The van der Waals surface area contributed by atoms with Crippen LogP contribution in [0.15, 0.2) is 84.9 Å². The van der Waals surface area contributed by atoms with E-state index >= 15 is 0 Å². The van der Waals surface area contributed by atoms with Crippen LogP contribution in [-0.2, 0) is 0 Å². The molecule has 126 valence electrons. The second-order valence-corrected chi connectivity index (χ2v) is 7.12. The lowest BCUT2D eigenvalue weighted by Gasteiger charge is -2.02. The van der Waals surface area contributed by atoms with Crippen molar-refractivity contribution in [3.63, 3.8) is 0 Å². The van der Waals surface area contributed by atoms with Crippen LogP contribution in [0.5, 0.6) is 0 Å². The molecule has 1 aromatic heterocycles. The number of hydrogen-bond donors (Lipinski definition) is 0. The Morgan fingerprint density at radius 2 is 1.31 bits per heavy atom. The van der Waals surface area contributed by atoms with Crippen molar-refractivity contribution in [1.29, 1.82) is 0 Å². The lowest BCUT2D eigenvalue weighted by atomic mass is 10.1. The molecule has 4 heteroatoms. The van der Waals surface area contributed by atoms with Crippen molar-refractivity contribution >= 4 is 28.2 Å². The Kier molecular flexibility index (Phi) is 4.65. The van der Waals surface area contributed by atoms with E-state index in [2.05, 4.69) is 24.3 Å². The van der Waals surface area contributed by atoms with Gasteiger partial charge in [0.05, 0.1) is 10.6 Å². The van der Waals surface area contributed by atoms with Gasteiger partial charge in [-0.2, -0.15) is 0 Å². The van der Waals surface area contributed by atoms with E-state index < -0.39 is 5.24 Å². The number of halogens is 1. The monoisotopic (exact) mass is 375 g/mol. The first-order valence-electron chi connectivity index (χ1n) is 8.14. The van der Waals surface area contributed by atoms with Crippen molar-refractivity contribution in [2.24, 2.45) is 0 Å². The molecule has 26 heavy (non-hydrogen) atoms. The summed E-state index contributed by atoms with van der Waals surface area (Å²) in [7, 11) is 0. The molecule has 0 saturated heterocycles. The Balaban J connectivity index is 1.85. The highest BCUT2D eigenvalue weighted by Crippen LogP contribution is 2.40. The standard InChI is InChI=1S/C22H14ClNOS/c23-21(25)17-11-13-18(14-12-17)22-24-19(15-7-3-1-4-8-15)20(26-22)16-9-5-2-6-10-16/h1-14H. The first-order valence-corrected chi connectivity index (χ1v) is 9.34. The van der Waals surface area contributed by atoms with E-state index in [4.69, 9.17) is 16.6 Å². The quantitative estimate of drug-likeness (QED) is 0.380. The Hall–Kier alpha value is -2.75. The molecule has 0 aliphatic rings. The molecular weight excluding hydrogens is 362 g/mol. The molecule has 4 aromatic rings. The second-order valence-electron chi connectivity index (χ2n) is 5.78. The highest BCUT2D eigenvalue weighted by molar-refractivity contribution is 7.19. The molecule has 0 aliphatic carbocycles. The zero-order valence-electron chi connectivity index (χ0n) is 13.7. The van der Waals surface area contributed by atoms with Gasteiger partial charge in [-0.15, -0.1) is 11.3 Å². The number of thiazole rings is 1. The molecule has 0 amide bonds. The normalized spacial score (nSPS) is 10.7. The summed E-state index contributed by atoms with van der Waals surface area (Å²) in [5, 5.41) is 0.460. The van der Waals surface area contributed by atoms with E-state index in [1.54, 1.807) is 23.5 Å². The fraction of sp³-hybridized carbons (Fsp3) is 0. The summed E-state index contributed by atoms with van der Waals surface area (Å²) in [6.07, 6.45) is 0. The molecule has 0 aliphatic heterocycles. The van der Waals surface area contributed by atoms with Crippen LogP contribution in [0.25, 0.3) is 32.3 Å². The zero-order chi connectivity index (χ0) is 17.9. The first kappa shape index (κ1) is 16.7. The van der Waals surface area contributed by atoms with E-state index in [9.17, 15) is 4.79 Å². The number of carbonyl (C=O) groups is 1. The summed E-state index contributed by atoms with van der Waals surface area (Å²) in [5.74, 6) is 0. The number of benzene rings is 3. The Bertz CT molecular complexity index is 984. The van der Waals surface area contributed by atoms with E-state index in [1.165, 1.54) is 0 Å². The molecule has 0 fully saturated rings. The minimum atomic E-state index is -0.453. The number of aromatic nitrogens is 1. The third kappa shape index (κ3) is 3.32. The van der Waals surface area contributed by atoms with Gasteiger partial charge in [0.1, 0.15) is 5.01 Å². The van der Waals surface area contributed by atoms with Crippen LogP contribution in [0.3, 0.4) is 0 Å². The summed E-state index contributed by atoms with van der Waals surface area (Å²) < 4.78 is 0. The van der Waals surface area contributed by atoms with Crippen LogP contribution >= 0.6 is 22.9 Å². The van der Waals surface area contributed by atoms with Gasteiger partial charge in [-0.1, -0.05) is 72.8 Å². The van der Waals surface area contributed by atoms with Crippen LogP contribution in [-0.4, -0.2) is 10.2 Å². The smallest absolute Gasteiger partial charge is 0.252 e. The van der Waals surface area contributed by atoms with Crippen molar-refractivity contribution in [2.75, 3.05) is 0 Å². The summed E-state index contributed by atoms with van der Waals surface area (Å²) in [4.78, 5) is 17.3. The van der Waals surface area contributed by atoms with Gasteiger partial charge in [0.15, 0.2) is 0 Å². The van der Waals surface area contributed by atoms with Crippen LogP contribution in [0.2, 0.25) is 0 Å². The van der Waals surface area contributed by atoms with Gasteiger partial charge in [-0.05, 0) is 29.3 Å². The van der Waals surface area contributed by atoms with Gasteiger partial charge in [-0.3, -0.25) is 4.79 Å². The minimum Gasteiger partial charge on any atom is -0.276 e. The molecule has 1 heterocycles. The Morgan fingerprint density at radius 1 is 0.731 bits per heavy atom. The van der Waals surface area contributed by atoms with Crippen molar-refractivity contribution in [3.8, 4) is 32.3 Å². The number of rotatable bonds is 4. The molecule has 3 aromatic carbocycles. The van der Waals surface area contributed by atoms with Crippen LogP contribution in [0, 0.1) is 0 Å². The van der Waals surface area contributed by atoms with E-state index in [0.717, 1.165) is 32.3 Å². The predicted octanol–water partition coefficient (Wildman–Crippen LogP) is 6.52. The molecule has 0 spiro atoms. The Labute approximate surface area is 160 Å². The molecule has 0 saturated carbocycles. The maximum Gasteiger partial charge on any atom is 0.252 e. The van der Waals surface area contributed by atoms with Crippen molar-refractivity contribution in [3.05, 3.63) is 90.5 Å². The minimum absolute atomic E-state index is 0.453. The van der Waals surface area contributed by atoms with Crippen LogP contribution < -0.4 is 0 Å². The van der Waals surface area contributed by atoms with Gasteiger partial charge < -0.3 is 0 Å². The fourth-order valence-corrected chi connectivity index (χ4v) is 3.99. The molecule has 0 N–H and O–H groups in total. The molecule has 4 rings (SSSR count). The summed E-state index contributed by atoms with van der Waals surface area (Å²) in [6, 6.07) is 27.7. The fourth-order valence-electron chi connectivity index (χ4n) is 2.76. The summed E-state index contributed by atoms with van der Waals surface area (Å²) in [5.41, 5.74) is 4.65. The third-order valence-corrected chi connectivity index (χ3v) is 5.44. The molecule has 2 nitrogen and oxygen atoms in total. The van der Waals surface area contributed by atoms with Gasteiger partial charge in [0, 0.05) is 16.7 Å². The highest BCUT2D eigenvalue weighted by Gasteiger charge is 2.16. The average Bonchev–Trinajstić information content (AvgIpc) is 3.15. The second kappa shape index (κ2) is 7.24. The molecule has 0 radical (unpaired) electrons.